The summed E-state index contributed by atoms with van der Waals surface area (Å²) < 4.78 is 0. The molecule has 17 heavy (non-hydrogen) atoms. The normalized spacial score (nSPS) is 16.5. The van der Waals surface area contributed by atoms with Crippen LogP contribution in [0, 0.1) is 0 Å². The van der Waals surface area contributed by atoms with E-state index >= 15 is 0 Å². The first kappa shape index (κ1) is 12.1. The summed E-state index contributed by atoms with van der Waals surface area (Å²) in [4.78, 5) is 23.7. The number of amides is 1. The van der Waals surface area contributed by atoms with E-state index in [2.05, 4.69) is 5.32 Å². The number of carbonyl (C=O) groups is 2. The largest absolute Gasteiger partial charge is 0.480 e. The number of hydrogen-bond acceptors (Lipinski definition) is 3. The van der Waals surface area contributed by atoms with Crippen LogP contribution in [-0.4, -0.2) is 22.5 Å². The summed E-state index contributed by atoms with van der Waals surface area (Å²) >= 11 is 1.68. The maximum Gasteiger partial charge on any atom is 0.329 e. The Morgan fingerprint density at radius 1 is 1.47 bits per heavy atom. The highest BCUT2D eigenvalue weighted by molar-refractivity contribution is 7.09. The van der Waals surface area contributed by atoms with Gasteiger partial charge in [-0.1, -0.05) is 6.07 Å². The molecule has 4 nitrogen and oxygen atoms in total. The van der Waals surface area contributed by atoms with Crippen molar-refractivity contribution in [2.75, 3.05) is 0 Å². The third-order valence-electron chi connectivity index (χ3n) is 2.95. The number of rotatable bonds is 6. The molecule has 0 atom stereocenters. The van der Waals surface area contributed by atoms with Crippen molar-refractivity contribution in [3.63, 3.8) is 0 Å². The van der Waals surface area contributed by atoms with Crippen LogP contribution >= 0.6 is 11.3 Å². The molecule has 0 bridgehead atoms. The van der Waals surface area contributed by atoms with Crippen molar-refractivity contribution in [1.29, 1.82) is 0 Å². The summed E-state index contributed by atoms with van der Waals surface area (Å²) in [5, 5.41) is 13.5. The van der Waals surface area contributed by atoms with Gasteiger partial charge in [0.2, 0.25) is 5.91 Å². The van der Waals surface area contributed by atoms with Gasteiger partial charge in [-0.2, -0.15) is 0 Å². The third kappa shape index (κ3) is 3.06. The lowest BCUT2D eigenvalue weighted by atomic mass is 10.2. The van der Waals surface area contributed by atoms with E-state index < -0.39 is 11.5 Å². The van der Waals surface area contributed by atoms with Crippen molar-refractivity contribution in [3.8, 4) is 0 Å². The molecule has 1 aromatic rings. The standard InChI is InChI=1S/C12H15NO3S/c14-10(13-12(6-7-12)11(15)16)5-1-3-9-4-2-8-17-9/h2,4,8H,1,3,5-7H2,(H,13,14)(H,15,16). The van der Waals surface area contributed by atoms with Crippen molar-refractivity contribution in [2.24, 2.45) is 0 Å². The summed E-state index contributed by atoms with van der Waals surface area (Å²) in [6.45, 7) is 0. The number of carboxylic acid groups (broad SMARTS) is 1. The van der Waals surface area contributed by atoms with E-state index in [0.29, 0.717) is 19.3 Å². The van der Waals surface area contributed by atoms with Crippen molar-refractivity contribution in [3.05, 3.63) is 22.4 Å². The summed E-state index contributed by atoms with van der Waals surface area (Å²) in [6.07, 6.45) is 3.15. The van der Waals surface area contributed by atoms with Gasteiger partial charge >= 0.3 is 5.97 Å². The Morgan fingerprint density at radius 3 is 2.76 bits per heavy atom. The molecule has 1 amide bonds. The van der Waals surface area contributed by atoms with Crippen LogP contribution < -0.4 is 5.32 Å². The zero-order valence-electron chi connectivity index (χ0n) is 9.44. The molecule has 1 aliphatic carbocycles. The molecule has 1 aromatic heterocycles. The fourth-order valence-electron chi connectivity index (χ4n) is 1.72. The van der Waals surface area contributed by atoms with Gasteiger partial charge in [0, 0.05) is 11.3 Å². The Balaban J connectivity index is 1.70. The molecule has 0 saturated heterocycles. The van der Waals surface area contributed by atoms with E-state index in [1.165, 1.54) is 4.88 Å². The summed E-state index contributed by atoms with van der Waals surface area (Å²) in [5.74, 6) is -1.06. The number of nitrogens with one attached hydrogen (secondary N) is 1. The molecule has 2 N–H and O–H groups in total. The van der Waals surface area contributed by atoms with Gasteiger partial charge in [-0.05, 0) is 37.1 Å². The minimum absolute atomic E-state index is 0.151. The molecule has 2 rings (SSSR count). The number of carboxylic acids is 1. The van der Waals surface area contributed by atoms with E-state index in [0.717, 1.165) is 12.8 Å². The van der Waals surface area contributed by atoms with Crippen molar-refractivity contribution in [2.45, 2.75) is 37.6 Å². The molecule has 0 aliphatic heterocycles. The molecular weight excluding hydrogens is 238 g/mol. The second-order valence-corrected chi connectivity index (χ2v) is 5.40. The van der Waals surface area contributed by atoms with Gasteiger partial charge in [0.15, 0.2) is 0 Å². The molecule has 0 aromatic carbocycles. The highest BCUT2D eigenvalue weighted by Crippen LogP contribution is 2.35. The summed E-state index contributed by atoms with van der Waals surface area (Å²) in [7, 11) is 0. The zero-order valence-corrected chi connectivity index (χ0v) is 10.3. The lowest BCUT2D eigenvalue weighted by Gasteiger charge is -2.11. The predicted molar refractivity (Wildman–Crippen MR) is 65.0 cm³/mol. The highest BCUT2D eigenvalue weighted by Gasteiger charge is 2.51. The molecule has 1 aliphatic rings. The Labute approximate surface area is 104 Å². The van der Waals surface area contributed by atoms with Crippen LogP contribution in [0.15, 0.2) is 17.5 Å². The molecule has 0 radical (unpaired) electrons. The summed E-state index contributed by atoms with van der Waals surface area (Å²) in [6, 6.07) is 4.03. The van der Waals surface area contributed by atoms with Crippen LogP contribution in [0.25, 0.3) is 0 Å². The molecule has 5 heteroatoms. The van der Waals surface area contributed by atoms with E-state index in [9.17, 15) is 9.59 Å². The topological polar surface area (TPSA) is 66.4 Å². The van der Waals surface area contributed by atoms with Crippen LogP contribution in [0.5, 0.6) is 0 Å². The second-order valence-electron chi connectivity index (χ2n) is 4.37. The van der Waals surface area contributed by atoms with Gasteiger partial charge in [-0.3, -0.25) is 4.79 Å². The average molecular weight is 253 g/mol. The number of carbonyl (C=O) groups excluding carboxylic acids is 1. The molecule has 1 fully saturated rings. The predicted octanol–water partition coefficient (Wildman–Crippen LogP) is 1.80. The lowest BCUT2D eigenvalue weighted by molar-refractivity contribution is -0.143. The molecular formula is C12H15NO3S. The van der Waals surface area contributed by atoms with Crippen molar-refractivity contribution >= 4 is 23.2 Å². The van der Waals surface area contributed by atoms with Gasteiger partial charge in [0.25, 0.3) is 0 Å². The Kier molecular flexibility index (Phi) is 3.47. The van der Waals surface area contributed by atoms with E-state index in [4.69, 9.17) is 5.11 Å². The summed E-state index contributed by atoms with van der Waals surface area (Å²) in [5.41, 5.74) is -0.944. The Hall–Kier alpha value is -1.36. The molecule has 1 saturated carbocycles. The SMILES string of the molecule is O=C(CCCc1cccs1)NC1(C(=O)O)CC1. The number of hydrogen-bond donors (Lipinski definition) is 2. The fourth-order valence-corrected chi connectivity index (χ4v) is 2.48. The number of aryl methyl sites for hydroxylation is 1. The van der Waals surface area contributed by atoms with Gasteiger partial charge in [0.1, 0.15) is 5.54 Å². The van der Waals surface area contributed by atoms with Crippen LogP contribution in [0.2, 0.25) is 0 Å². The average Bonchev–Trinajstić information content (AvgIpc) is 2.87. The zero-order chi connectivity index (χ0) is 12.3. The maximum absolute atomic E-state index is 11.6. The number of aliphatic carboxylic acids is 1. The van der Waals surface area contributed by atoms with Gasteiger partial charge in [-0.15, -0.1) is 11.3 Å². The maximum atomic E-state index is 11.6. The Bertz CT molecular complexity index is 409. The highest BCUT2D eigenvalue weighted by atomic mass is 32.1. The van der Waals surface area contributed by atoms with Crippen molar-refractivity contribution < 1.29 is 14.7 Å². The number of thiophene rings is 1. The first-order valence-corrected chi connectivity index (χ1v) is 6.57. The third-order valence-corrected chi connectivity index (χ3v) is 3.88. The van der Waals surface area contributed by atoms with Crippen LogP contribution in [0.3, 0.4) is 0 Å². The van der Waals surface area contributed by atoms with E-state index in [1.807, 2.05) is 17.5 Å². The first-order valence-electron chi connectivity index (χ1n) is 5.69. The van der Waals surface area contributed by atoms with E-state index in [1.54, 1.807) is 11.3 Å². The smallest absolute Gasteiger partial charge is 0.329 e. The Morgan fingerprint density at radius 2 is 2.24 bits per heavy atom. The molecule has 0 unspecified atom stereocenters. The first-order chi connectivity index (χ1) is 8.12. The lowest BCUT2D eigenvalue weighted by Crippen LogP contribution is -2.42. The van der Waals surface area contributed by atoms with Gasteiger partial charge in [0.05, 0.1) is 0 Å². The van der Waals surface area contributed by atoms with Gasteiger partial charge < -0.3 is 10.4 Å². The van der Waals surface area contributed by atoms with E-state index in [-0.39, 0.29) is 5.91 Å². The fraction of sp³-hybridized carbons (Fsp3) is 0.500. The molecule has 1 heterocycles. The van der Waals surface area contributed by atoms with Gasteiger partial charge in [-0.25, -0.2) is 4.79 Å². The van der Waals surface area contributed by atoms with Crippen LogP contribution in [0.4, 0.5) is 0 Å². The minimum Gasteiger partial charge on any atom is -0.480 e. The molecule has 0 spiro atoms. The van der Waals surface area contributed by atoms with Crippen LogP contribution in [-0.2, 0) is 16.0 Å². The monoisotopic (exact) mass is 253 g/mol. The minimum atomic E-state index is -0.944. The molecule has 92 valence electrons. The quantitative estimate of drug-likeness (QED) is 0.812. The second kappa shape index (κ2) is 4.87. The van der Waals surface area contributed by atoms with Crippen LogP contribution in [0.1, 0.15) is 30.6 Å². The van der Waals surface area contributed by atoms with Crippen molar-refractivity contribution in [1.82, 2.24) is 5.32 Å².